The maximum Gasteiger partial charge on any atom is 0.109 e. The summed E-state index contributed by atoms with van der Waals surface area (Å²) in [6, 6.07) is 0. The van der Waals surface area contributed by atoms with Crippen molar-refractivity contribution in [2.45, 2.75) is 18.6 Å². The molecule has 74 valence electrons. The van der Waals surface area contributed by atoms with Gasteiger partial charge in [0.15, 0.2) is 0 Å². The molecule has 0 saturated heterocycles. The first-order valence-corrected chi connectivity index (χ1v) is 5.56. The predicted octanol–water partition coefficient (Wildman–Crippen LogP) is 1.04. The Morgan fingerprint density at radius 2 is 2.46 bits per heavy atom. The molecule has 2 N–H and O–H groups in total. The van der Waals surface area contributed by atoms with E-state index in [4.69, 9.17) is 5.73 Å². The highest BCUT2D eigenvalue weighted by Gasteiger charge is 2.02. The standard InChI is InChI=1S/C9H17N3S/c1-8(7-10)13-6-3-9-11-4-5-12(9)2/h4-5,8H,3,6-7,10H2,1-2H3. The lowest BCUT2D eigenvalue weighted by Gasteiger charge is -2.07. The van der Waals surface area contributed by atoms with Gasteiger partial charge in [0.2, 0.25) is 0 Å². The molecule has 0 amide bonds. The summed E-state index contributed by atoms with van der Waals surface area (Å²) in [5.74, 6) is 2.25. The third-order valence-corrected chi connectivity index (χ3v) is 3.18. The van der Waals surface area contributed by atoms with Gasteiger partial charge in [-0.05, 0) is 0 Å². The largest absolute Gasteiger partial charge is 0.338 e. The first-order valence-electron chi connectivity index (χ1n) is 4.52. The SMILES string of the molecule is CC(CN)SCCc1nccn1C. The summed E-state index contributed by atoms with van der Waals surface area (Å²) in [6.45, 7) is 2.91. The molecule has 13 heavy (non-hydrogen) atoms. The minimum Gasteiger partial charge on any atom is -0.338 e. The third-order valence-electron chi connectivity index (χ3n) is 1.98. The minimum atomic E-state index is 0.556. The lowest BCUT2D eigenvalue weighted by molar-refractivity contribution is 0.810. The summed E-state index contributed by atoms with van der Waals surface area (Å²) in [4.78, 5) is 4.26. The Balaban J connectivity index is 2.24. The molecule has 1 heterocycles. The number of aryl methyl sites for hydroxylation is 2. The van der Waals surface area contributed by atoms with Gasteiger partial charge in [0.05, 0.1) is 0 Å². The highest BCUT2D eigenvalue weighted by molar-refractivity contribution is 7.99. The summed E-state index contributed by atoms with van der Waals surface area (Å²) in [5, 5.41) is 0.556. The summed E-state index contributed by atoms with van der Waals surface area (Å²) in [5.41, 5.74) is 5.52. The van der Waals surface area contributed by atoms with Crippen LogP contribution in [0.5, 0.6) is 0 Å². The van der Waals surface area contributed by atoms with Crippen LogP contribution in [0.4, 0.5) is 0 Å². The van der Waals surface area contributed by atoms with Crippen LogP contribution in [0.2, 0.25) is 0 Å². The molecule has 0 saturated carbocycles. The topological polar surface area (TPSA) is 43.8 Å². The van der Waals surface area contributed by atoms with Crippen LogP contribution in [0.3, 0.4) is 0 Å². The average Bonchev–Trinajstić information content (AvgIpc) is 2.52. The van der Waals surface area contributed by atoms with Gasteiger partial charge in [-0.25, -0.2) is 4.98 Å². The number of nitrogens with zero attached hydrogens (tertiary/aromatic N) is 2. The van der Waals surface area contributed by atoms with Gasteiger partial charge < -0.3 is 10.3 Å². The van der Waals surface area contributed by atoms with Crippen molar-refractivity contribution >= 4 is 11.8 Å². The number of thioether (sulfide) groups is 1. The molecule has 1 unspecified atom stereocenters. The van der Waals surface area contributed by atoms with Gasteiger partial charge in [-0.1, -0.05) is 6.92 Å². The Hall–Kier alpha value is -0.480. The zero-order valence-electron chi connectivity index (χ0n) is 8.23. The molecular weight excluding hydrogens is 182 g/mol. The molecule has 0 aliphatic heterocycles. The summed E-state index contributed by atoms with van der Waals surface area (Å²) in [7, 11) is 2.03. The van der Waals surface area contributed by atoms with Crippen LogP contribution in [0.1, 0.15) is 12.7 Å². The van der Waals surface area contributed by atoms with E-state index in [1.807, 2.05) is 31.2 Å². The van der Waals surface area contributed by atoms with Gasteiger partial charge >= 0.3 is 0 Å². The second-order valence-corrected chi connectivity index (χ2v) is 4.67. The highest BCUT2D eigenvalue weighted by Crippen LogP contribution is 2.10. The number of rotatable bonds is 5. The maximum absolute atomic E-state index is 5.52. The van der Waals surface area contributed by atoms with Crippen LogP contribution in [-0.2, 0) is 13.5 Å². The van der Waals surface area contributed by atoms with E-state index in [2.05, 4.69) is 16.5 Å². The molecule has 0 bridgehead atoms. The van der Waals surface area contributed by atoms with E-state index in [1.165, 1.54) is 0 Å². The molecule has 1 aromatic heterocycles. The van der Waals surface area contributed by atoms with Crippen LogP contribution >= 0.6 is 11.8 Å². The van der Waals surface area contributed by atoms with Gasteiger partial charge in [-0.2, -0.15) is 11.8 Å². The number of hydrogen-bond acceptors (Lipinski definition) is 3. The third kappa shape index (κ3) is 3.40. The normalized spacial score (nSPS) is 13.2. The van der Waals surface area contributed by atoms with E-state index >= 15 is 0 Å². The van der Waals surface area contributed by atoms with Crippen molar-refractivity contribution in [2.75, 3.05) is 12.3 Å². The smallest absolute Gasteiger partial charge is 0.109 e. The fraction of sp³-hybridized carbons (Fsp3) is 0.667. The molecular formula is C9H17N3S. The van der Waals surface area contributed by atoms with Gasteiger partial charge in [-0.15, -0.1) is 0 Å². The lowest BCUT2D eigenvalue weighted by atomic mass is 10.4. The minimum absolute atomic E-state index is 0.556. The molecule has 1 rings (SSSR count). The Labute approximate surface area is 83.7 Å². The fourth-order valence-corrected chi connectivity index (χ4v) is 1.90. The zero-order valence-corrected chi connectivity index (χ0v) is 9.05. The average molecular weight is 199 g/mol. The fourth-order valence-electron chi connectivity index (χ4n) is 1.06. The molecule has 0 aliphatic rings. The molecule has 0 spiro atoms. The molecule has 0 radical (unpaired) electrons. The predicted molar refractivity (Wildman–Crippen MR) is 57.9 cm³/mol. The first-order chi connectivity index (χ1) is 6.24. The van der Waals surface area contributed by atoms with E-state index in [0.29, 0.717) is 5.25 Å². The van der Waals surface area contributed by atoms with E-state index in [1.54, 1.807) is 0 Å². The second-order valence-electron chi connectivity index (χ2n) is 3.12. The monoisotopic (exact) mass is 199 g/mol. The van der Waals surface area contributed by atoms with Crippen molar-refractivity contribution in [2.24, 2.45) is 12.8 Å². The Morgan fingerprint density at radius 3 is 3.00 bits per heavy atom. The van der Waals surface area contributed by atoms with Crippen molar-refractivity contribution < 1.29 is 0 Å². The van der Waals surface area contributed by atoms with E-state index in [9.17, 15) is 0 Å². The maximum atomic E-state index is 5.52. The molecule has 0 fully saturated rings. The summed E-state index contributed by atoms with van der Waals surface area (Å²) in [6.07, 6.45) is 4.84. The quantitative estimate of drug-likeness (QED) is 0.770. The number of hydrogen-bond donors (Lipinski definition) is 1. The van der Waals surface area contributed by atoms with Crippen LogP contribution in [0.25, 0.3) is 0 Å². The Morgan fingerprint density at radius 1 is 1.69 bits per heavy atom. The number of aromatic nitrogens is 2. The van der Waals surface area contributed by atoms with Gasteiger partial charge in [0, 0.05) is 43.4 Å². The molecule has 1 atom stereocenters. The van der Waals surface area contributed by atoms with Crippen LogP contribution < -0.4 is 5.73 Å². The Bertz CT molecular complexity index is 247. The molecule has 0 aromatic carbocycles. The van der Waals surface area contributed by atoms with Crippen molar-refractivity contribution in [3.8, 4) is 0 Å². The van der Waals surface area contributed by atoms with Gasteiger partial charge in [0.25, 0.3) is 0 Å². The number of imidazole rings is 1. The first kappa shape index (κ1) is 10.6. The highest BCUT2D eigenvalue weighted by atomic mass is 32.2. The molecule has 4 heteroatoms. The second kappa shape index (κ2) is 5.29. The van der Waals surface area contributed by atoms with Crippen molar-refractivity contribution in [3.05, 3.63) is 18.2 Å². The molecule has 0 aliphatic carbocycles. The van der Waals surface area contributed by atoms with Crippen LogP contribution in [0, 0.1) is 0 Å². The Kier molecular flexibility index (Phi) is 4.32. The van der Waals surface area contributed by atoms with Crippen LogP contribution in [-0.4, -0.2) is 27.1 Å². The van der Waals surface area contributed by atoms with Crippen LogP contribution in [0.15, 0.2) is 12.4 Å². The summed E-state index contributed by atoms with van der Waals surface area (Å²) >= 11 is 1.90. The van der Waals surface area contributed by atoms with Gasteiger partial charge in [-0.3, -0.25) is 0 Å². The van der Waals surface area contributed by atoms with Crippen molar-refractivity contribution in [1.82, 2.24) is 9.55 Å². The lowest BCUT2D eigenvalue weighted by Crippen LogP contribution is -2.13. The van der Waals surface area contributed by atoms with Crippen molar-refractivity contribution in [3.63, 3.8) is 0 Å². The van der Waals surface area contributed by atoms with E-state index in [0.717, 1.165) is 24.5 Å². The zero-order chi connectivity index (χ0) is 9.68. The van der Waals surface area contributed by atoms with E-state index in [-0.39, 0.29) is 0 Å². The molecule has 1 aromatic rings. The van der Waals surface area contributed by atoms with E-state index < -0.39 is 0 Å². The van der Waals surface area contributed by atoms with Crippen molar-refractivity contribution in [1.29, 1.82) is 0 Å². The molecule has 3 nitrogen and oxygen atoms in total. The number of nitrogens with two attached hydrogens (primary N) is 1. The summed E-state index contributed by atoms with van der Waals surface area (Å²) < 4.78 is 2.06. The van der Waals surface area contributed by atoms with Gasteiger partial charge in [0.1, 0.15) is 5.82 Å².